The van der Waals surface area contributed by atoms with E-state index < -0.39 is 6.04 Å². The molecule has 1 amide bonds. The number of hydrogen-bond acceptors (Lipinski definition) is 3. The summed E-state index contributed by atoms with van der Waals surface area (Å²) < 4.78 is 15.1. The van der Waals surface area contributed by atoms with Crippen molar-refractivity contribution in [3.8, 4) is 5.69 Å². The fourth-order valence-electron chi connectivity index (χ4n) is 3.94. The van der Waals surface area contributed by atoms with E-state index in [-0.39, 0.29) is 17.3 Å². The van der Waals surface area contributed by atoms with Gasteiger partial charge in [-0.3, -0.25) is 14.2 Å². The summed E-state index contributed by atoms with van der Waals surface area (Å²) in [5.41, 5.74) is 0.898. The fraction of sp³-hybridized carbons (Fsp3) is 0.423. The van der Waals surface area contributed by atoms with E-state index in [2.05, 4.69) is 13.8 Å². The quantitative estimate of drug-likeness (QED) is 0.377. The summed E-state index contributed by atoms with van der Waals surface area (Å²) in [5, 5.41) is 0.488. The summed E-state index contributed by atoms with van der Waals surface area (Å²) in [7, 11) is 0. The Hall–Kier alpha value is -3.02. The Morgan fingerprint density at radius 1 is 1.03 bits per heavy atom. The molecule has 0 N–H and O–H groups in total. The van der Waals surface area contributed by atoms with Crippen LogP contribution in [0.1, 0.15) is 71.2 Å². The number of amides is 1. The van der Waals surface area contributed by atoms with Gasteiger partial charge in [0.2, 0.25) is 5.91 Å². The van der Waals surface area contributed by atoms with Crippen molar-refractivity contribution in [3.05, 3.63) is 70.5 Å². The van der Waals surface area contributed by atoms with E-state index in [1.54, 1.807) is 30.3 Å². The van der Waals surface area contributed by atoms with Crippen molar-refractivity contribution in [2.24, 2.45) is 0 Å². The van der Waals surface area contributed by atoms with Gasteiger partial charge in [0.15, 0.2) is 0 Å². The van der Waals surface area contributed by atoms with Crippen LogP contribution in [0.15, 0.2) is 53.3 Å². The molecule has 1 heterocycles. The molecule has 0 aliphatic carbocycles. The molecule has 0 fully saturated rings. The lowest BCUT2D eigenvalue weighted by Crippen LogP contribution is -2.38. The minimum atomic E-state index is -0.405. The van der Waals surface area contributed by atoms with Crippen LogP contribution < -0.4 is 5.56 Å². The van der Waals surface area contributed by atoms with Crippen LogP contribution in [-0.4, -0.2) is 26.9 Å². The van der Waals surface area contributed by atoms with Crippen molar-refractivity contribution in [2.45, 2.75) is 65.3 Å². The van der Waals surface area contributed by atoms with Crippen molar-refractivity contribution in [2.75, 3.05) is 6.54 Å². The molecule has 2 aromatic carbocycles. The molecule has 5 nitrogen and oxygen atoms in total. The zero-order valence-electron chi connectivity index (χ0n) is 19.2. The second-order valence-electron chi connectivity index (χ2n) is 8.18. The van der Waals surface area contributed by atoms with E-state index >= 15 is 0 Å². The maximum absolute atomic E-state index is 13.6. The Morgan fingerprint density at radius 2 is 1.72 bits per heavy atom. The van der Waals surface area contributed by atoms with E-state index in [0.29, 0.717) is 35.4 Å². The van der Waals surface area contributed by atoms with Crippen molar-refractivity contribution in [3.63, 3.8) is 0 Å². The Kier molecular flexibility index (Phi) is 8.14. The second-order valence-corrected chi connectivity index (χ2v) is 8.18. The maximum Gasteiger partial charge on any atom is 0.266 e. The highest BCUT2D eigenvalue weighted by Crippen LogP contribution is 2.24. The number of halogens is 1. The van der Waals surface area contributed by atoms with E-state index in [1.165, 1.54) is 16.7 Å². The summed E-state index contributed by atoms with van der Waals surface area (Å²) in [6.45, 7) is 6.73. The van der Waals surface area contributed by atoms with E-state index in [1.807, 2.05) is 17.9 Å². The first kappa shape index (κ1) is 23.6. The van der Waals surface area contributed by atoms with Crippen molar-refractivity contribution < 1.29 is 9.18 Å². The van der Waals surface area contributed by atoms with Crippen LogP contribution in [0.2, 0.25) is 0 Å². The summed E-state index contributed by atoms with van der Waals surface area (Å²) >= 11 is 0. The molecule has 1 aromatic heterocycles. The van der Waals surface area contributed by atoms with E-state index in [9.17, 15) is 14.0 Å². The first-order valence-corrected chi connectivity index (χ1v) is 11.5. The molecule has 6 heteroatoms. The van der Waals surface area contributed by atoms with Crippen LogP contribution in [0, 0.1) is 5.82 Å². The molecule has 1 unspecified atom stereocenters. The van der Waals surface area contributed by atoms with Crippen LogP contribution in [-0.2, 0) is 4.79 Å². The van der Waals surface area contributed by atoms with Gasteiger partial charge in [-0.05, 0) is 56.2 Å². The van der Waals surface area contributed by atoms with E-state index in [4.69, 9.17) is 4.98 Å². The number of aromatic nitrogens is 2. The average molecular weight is 438 g/mol. The lowest BCUT2D eigenvalue weighted by Gasteiger charge is -2.30. The molecule has 32 heavy (non-hydrogen) atoms. The smallest absolute Gasteiger partial charge is 0.266 e. The third-order valence-corrected chi connectivity index (χ3v) is 5.79. The van der Waals surface area contributed by atoms with Gasteiger partial charge in [-0.15, -0.1) is 0 Å². The number of unbranched alkanes of at least 4 members (excludes halogenated alkanes) is 3. The van der Waals surface area contributed by atoms with Gasteiger partial charge in [-0.25, -0.2) is 9.37 Å². The Bertz CT molecular complexity index is 1110. The Morgan fingerprint density at radius 3 is 2.41 bits per heavy atom. The topological polar surface area (TPSA) is 55.2 Å². The monoisotopic (exact) mass is 437 g/mol. The number of fused-ring (bicyclic) bond motifs is 1. The number of rotatable bonds is 10. The van der Waals surface area contributed by atoms with Crippen LogP contribution in [0.5, 0.6) is 0 Å². The number of benzene rings is 2. The Balaban J connectivity index is 2.13. The summed E-state index contributed by atoms with van der Waals surface area (Å²) in [6, 6.07) is 12.6. The van der Waals surface area contributed by atoms with Crippen molar-refractivity contribution in [1.82, 2.24) is 14.5 Å². The number of para-hydroxylation sites is 1. The number of hydrogen-bond donors (Lipinski definition) is 0. The minimum Gasteiger partial charge on any atom is -0.333 e. The first-order chi connectivity index (χ1) is 15.5. The summed E-state index contributed by atoms with van der Waals surface area (Å²) in [5.74, 6) is 0.188. The van der Waals surface area contributed by atoms with Crippen LogP contribution in [0.3, 0.4) is 0 Å². The highest BCUT2D eigenvalue weighted by molar-refractivity contribution is 5.79. The number of carbonyl (C=O) groups is 1. The SMILES string of the molecule is CCCCCC(=O)N(CCCC)C(C)c1nc2ccccc2c(=O)n1-c1ccc(F)cc1. The fourth-order valence-corrected chi connectivity index (χ4v) is 3.94. The van der Waals surface area contributed by atoms with Gasteiger partial charge in [-0.1, -0.05) is 45.2 Å². The van der Waals surface area contributed by atoms with Crippen molar-refractivity contribution >= 4 is 16.8 Å². The molecule has 0 aliphatic rings. The molecular weight excluding hydrogens is 405 g/mol. The summed E-state index contributed by atoms with van der Waals surface area (Å²) in [6.07, 6.45) is 5.22. The maximum atomic E-state index is 13.6. The second kappa shape index (κ2) is 11.0. The predicted molar refractivity (Wildman–Crippen MR) is 126 cm³/mol. The lowest BCUT2D eigenvalue weighted by atomic mass is 10.1. The van der Waals surface area contributed by atoms with Crippen LogP contribution >= 0.6 is 0 Å². The van der Waals surface area contributed by atoms with Crippen LogP contribution in [0.25, 0.3) is 16.6 Å². The molecule has 0 saturated carbocycles. The molecule has 0 radical (unpaired) electrons. The molecule has 3 aromatic rings. The van der Waals surface area contributed by atoms with Crippen LogP contribution in [0.4, 0.5) is 4.39 Å². The third kappa shape index (κ3) is 5.23. The van der Waals surface area contributed by atoms with Gasteiger partial charge in [0.25, 0.3) is 5.56 Å². The predicted octanol–water partition coefficient (Wildman–Crippen LogP) is 5.79. The van der Waals surface area contributed by atoms with E-state index in [0.717, 1.165) is 32.1 Å². The Labute approximate surface area is 188 Å². The lowest BCUT2D eigenvalue weighted by molar-refractivity contribution is -0.133. The molecule has 3 rings (SSSR count). The normalized spacial score (nSPS) is 12.1. The molecule has 0 aliphatic heterocycles. The number of nitrogens with zero attached hydrogens (tertiary/aromatic N) is 3. The average Bonchev–Trinajstić information content (AvgIpc) is 2.80. The van der Waals surface area contributed by atoms with Gasteiger partial charge < -0.3 is 4.90 Å². The molecular formula is C26H32FN3O2. The zero-order chi connectivity index (χ0) is 23.1. The molecule has 0 bridgehead atoms. The third-order valence-electron chi connectivity index (χ3n) is 5.79. The molecule has 170 valence electrons. The van der Waals surface area contributed by atoms with Gasteiger partial charge >= 0.3 is 0 Å². The van der Waals surface area contributed by atoms with Gasteiger partial charge in [0.05, 0.1) is 22.6 Å². The summed E-state index contributed by atoms with van der Waals surface area (Å²) in [4.78, 5) is 33.3. The van der Waals surface area contributed by atoms with Gasteiger partial charge in [-0.2, -0.15) is 0 Å². The number of carbonyl (C=O) groups excluding carboxylic acids is 1. The largest absolute Gasteiger partial charge is 0.333 e. The molecule has 0 spiro atoms. The first-order valence-electron chi connectivity index (χ1n) is 11.5. The molecule has 1 atom stereocenters. The highest BCUT2D eigenvalue weighted by Gasteiger charge is 2.26. The minimum absolute atomic E-state index is 0.0764. The highest BCUT2D eigenvalue weighted by atomic mass is 19.1. The zero-order valence-corrected chi connectivity index (χ0v) is 19.2. The molecule has 0 saturated heterocycles. The van der Waals surface area contributed by atoms with Gasteiger partial charge in [0.1, 0.15) is 11.6 Å². The van der Waals surface area contributed by atoms with Crippen molar-refractivity contribution in [1.29, 1.82) is 0 Å². The standard InChI is InChI=1S/C26H32FN3O2/c1-4-6-8-13-24(31)29(18-7-5-2)19(3)25-28-23-12-10-9-11-22(23)26(32)30(25)21-16-14-20(27)15-17-21/h9-12,14-17,19H,4-8,13,18H2,1-3H3. The van der Waals surface area contributed by atoms with Gasteiger partial charge in [0, 0.05) is 13.0 Å².